The molecule has 3 rings (SSSR count). The summed E-state index contributed by atoms with van der Waals surface area (Å²) in [6, 6.07) is 4.12. The van der Waals surface area contributed by atoms with Gasteiger partial charge in [0.1, 0.15) is 0 Å². The third kappa shape index (κ3) is 2.44. The Bertz CT molecular complexity index is 654. The van der Waals surface area contributed by atoms with Crippen molar-refractivity contribution in [1.82, 2.24) is 4.98 Å². The topological polar surface area (TPSA) is 24.9 Å². The third-order valence-electron chi connectivity index (χ3n) is 3.32. The van der Waals surface area contributed by atoms with Gasteiger partial charge in [0, 0.05) is 33.7 Å². The van der Waals surface area contributed by atoms with Crippen molar-refractivity contribution >= 4 is 55.7 Å². The van der Waals surface area contributed by atoms with Crippen LogP contribution in [0.3, 0.4) is 0 Å². The lowest BCUT2D eigenvalue weighted by atomic mass is 10.1. The smallest absolute Gasteiger partial charge is 0.0928 e. The summed E-state index contributed by atoms with van der Waals surface area (Å²) in [6.07, 6.45) is 2.43. The molecule has 100 valence electrons. The van der Waals surface area contributed by atoms with Crippen LogP contribution in [0.15, 0.2) is 16.6 Å². The van der Waals surface area contributed by atoms with Crippen LogP contribution in [0.5, 0.6) is 0 Å². The lowest BCUT2D eigenvalue weighted by Gasteiger charge is -2.13. The van der Waals surface area contributed by atoms with E-state index in [-0.39, 0.29) is 0 Å². The first kappa shape index (κ1) is 13.5. The van der Waals surface area contributed by atoms with Crippen molar-refractivity contribution < 1.29 is 0 Å². The second-order valence-corrected chi connectivity index (χ2v) is 6.39. The fraction of sp³-hybridized carbons (Fsp3) is 0.357. The number of anilines is 1. The van der Waals surface area contributed by atoms with Crippen molar-refractivity contribution in [2.24, 2.45) is 0 Å². The molecule has 0 amide bonds. The maximum absolute atomic E-state index is 6.35. The molecule has 1 aromatic heterocycles. The van der Waals surface area contributed by atoms with Crippen LogP contribution >= 0.6 is 39.1 Å². The van der Waals surface area contributed by atoms with Gasteiger partial charge in [-0.3, -0.25) is 4.98 Å². The molecule has 0 radical (unpaired) electrons. The minimum absolute atomic E-state index is 0.521. The Balaban J connectivity index is 2.30. The van der Waals surface area contributed by atoms with Crippen molar-refractivity contribution in [3.8, 4) is 0 Å². The normalized spacial score (nSPS) is 14.9. The average molecular weight is 360 g/mol. The van der Waals surface area contributed by atoms with Gasteiger partial charge >= 0.3 is 0 Å². The number of halogens is 3. The van der Waals surface area contributed by atoms with E-state index in [4.69, 9.17) is 28.2 Å². The lowest BCUT2D eigenvalue weighted by Crippen LogP contribution is -2.01. The molecule has 1 aromatic carbocycles. The molecule has 1 saturated carbocycles. The highest BCUT2D eigenvalue weighted by Gasteiger charge is 2.26. The maximum atomic E-state index is 6.35. The SMILES string of the molecule is CCNc1cc(C2CC2)nc2c(Cl)c(Cl)c(Br)cc12. The van der Waals surface area contributed by atoms with Crippen molar-refractivity contribution in [2.45, 2.75) is 25.7 Å². The molecule has 0 spiro atoms. The third-order valence-corrected chi connectivity index (χ3v) is 5.03. The predicted molar refractivity (Wildman–Crippen MR) is 85.6 cm³/mol. The molecular formula is C14H13BrCl2N2. The van der Waals surface area contributed by atoms with E-state index in [1.165, 1.54) is 12.8 Å². The van der Waals surface area contributed by atoms with E-state index in [0.29, 0.717) is 16.0 Å². The zero-order chi connectivity index (χ0) is 13.6. The average Bonchev–Trinajstić information content (AvgIpc) is 3.21. The molecule has 2 aromatic rings. The predicted octanol–water partition coefficient (Wildman–Crippen LogP) is 5.61. The van der Waals surface area contributed by atoms with E-state index in [1.54, 1.807) is 0 Å². The molecule has 0 atom stereocenters. The zero-order valence-electron chi connectivity index (χ0n) is 10.4. The monoisotopic (exact) mass is 358 g/mol. The quantitative estimate of drug-likeness (QED) is 0.720. The first-order valence-electron chi connectivity index (χ1n) is 6.33. The first-order valence-corrected chi connectivity index (χ1v) is 7.88. The van der Waals surface area contributed by atoms with E-state index in [2.05, 4.69) is 34.2 Å². The largest absolute Gasteiger partial charge is 0.385 e. The Hall–Kier alpha value is -0.510. The van der Waals surface area contributed by atoms with E-state index in [0.717, 1.165) is 33.3 Å². The number of nitrogens with one attached hydrogen (secondary N) is 1. The molecule has 1 fully saturated rings. The fourth-order valence-electron chi connectivity index (χ4n) is 2.21. The Morgan fingerprint density at radius 1 is 1.32 bits per heavy atom. The minimum Gasteiger partial charge on any atom is -0.385 e. The first-order chi connectivity index (χ1) is 9.11. The Morgan fingerprint density at radius 2 is 2.05 bits per heavy atom. The van der Waals surface area contributed by atoms with Gasteiger partial charge in [0.25, 0.3) is 0 Å². The van der Waals surface area contributed by atoms with E-state index >= 15 is 0 Å². The number of rotatable bonds is 3. The van der Waals surface area contributed by atoms with Crippen molar-refractivity contribution in [3.63, 3.8) is 0 Å². The highest BCUT2D eigenvalue weighted by molar-refractivity contribution is 9.10. The van der Waals surface area contributed by atoms with Crippen LogP contribution in [0.1, 0.15) is 31.4 Å². The molecule has 2 nitrogen and oxygen atoms in total. The number of nitrogens with zero attached hydrogens (tertiary/aromatic N) is 1. The summed E-state index contributed by atoms with van der Waals surface area (Å²) in [5.41, 5.74) is 2.98. The minimum atomic E-state index is 0.521. The standard InChI is InChI=1S/C14H13BrCl2N2/c1-2-18-11-6-10(7-3-4-7)19-14-8(11)5-9(15)12(16)13(14)17/h5-7H,2-4H2,1H3,(H,18,19). The molecular weight excluding hydrogens is 347 g/mol. The van der Waals surface area contributed by atoms with Gasteiger partial charge in [-0.05, 0) is 47.8 Å². The van der Waals surface area contributed by atoms with Crippen molar-refractivity contribution in [2.75, 3.05) is 11.9 Å². The lowest BCUT2D eigenvalue weighted by molar-refractivity contribution is 1.04. The molecule has 0 unspecified atom stereocenters. The summed E-state index contributed by atoms with van der Waals surface area (Å²) in [7, 11) is 0. The van der Waals surface area contributed by atoms with Gasteiger partial charge in [-0.15, -0.1) is 0 Å². The molecule has 1 N–H and O–H groups in total. The molecule has 0 bridgehead atoms. The number of pyridine rings is 1. The number of benzene rings is 1. The summed E-state index contributed by atoms with van der Waals surface area (Å²) < 4.78 is 0.798. The van der Waals surface area contributed by atoms with Gasteiger partial charge in [0.15, 0.2) is 0 Å². The van der Waals surface area contributed by atoms with Crippen molar-refractivity contribution in [1.29, 1.82) is 0 Å². The summed E-state index contributed by atoms with van der Waals surface area (Å²) in [4.78, 5) is 4.70. The van der Waals surface area contributed by atoms with Crippen LogP contribution in [0, 0.1) is 0 Å². The van der Waals surface area contributed by atoms with Crippen LogP contribution in [0.25, 0.3) is 10.9 Å². The second kappa shape index (κ2) is 5.12. The van der Waals surface area contributed by atoms with Crippen LogP contribution < -0.4 is 5.32 Å². The van der Waals surface area contributed by atoms with Gasteiger partial charge in [-0.25, -0.2) is 0 Å². The Morgan fingerprint density at radius 3 is 2.68 bits per heavy atom. The molecule has 5 heteroatoms. The molecule has 0 saturated heterocycles. The number of aromatic nitrogens is 1. The summed E-state index contributed by atoms with van der Waals surface area (Å²) >= 11 is 16.0. The summed E-state index contributed by atoms with van der Waals surface area (Å²) in [5.74, 6) is 0.584. The van der Waals surface area contributed by atoms with E-state index in [9.17, 15) is 0 Å². The van der Waals surface area contributed by atoms with Crippen molar-refractivity contribution in [3.05, 3.63) is 32.3 Å². The molecule has 0 aliphatic heterocycles. The highest BCUT2D eigenvalue weighted by atomic mass is 79.9. The molecule has 1 aliphatic carbocycles. The van der Waals surface area contributed by atoms with Gasteiger partial charge in [0.2, 0.25) is 0 Å². The second-order valence-electron chi connectivity index (χ2n) is 4.78. The van der Waals surface area contributed by atoms with E-state index < -0.39 is 0 Å². The van der Waals surface area contributed by atoms with Crippen LogP contribution in [0.2, 0.25) is 10.0 Å². The van der Waals surface area contributed by atoms with Crippen LogP contribution in [0.4, 0.5) is 5.69 Å². The maximum Gasteiger partial charge on any atom is 0.0928 e. The van der Waals surface area contributed by atoms with Gasteiger partial charge in [-0.2, -0.15) is 0 Å². The fourth-order valence-corrected chi connectivity index (χ4v) is 3.14. The Labute approximate surface area is 130 Å². The van der Waals surface area contributed by atoms with Crippen LogP contribution in [-0.2, 0) is 0 Å². The zero-order valence-corrected chi connectivity index (χ0v) is 13.5. The Kier molecular flexibility index (Phi) is 3.63. The molecule has 1 aliphatic rings. The summed E-state index contributed by atoms with van der Waals surface area (Å²) in [6.45, 7) is 2.94. The number of hydrogen-bond donors (Lipinski definition) is 1. The number of hydrogen-bond acceptors (Lipinski definition) is 2. The van der Waals surface area contributed by atoms with Gasteiger partial charge < -0.3 is 5.32 Å². The van der Waals surface area contributed by atoms with E-state index in [1.807, 2.05) is 6.07 Å². The number of fused-ring (bicyclic) bond motifs is 1. The molecule has 19 heavy (non-hydrogen) atoms. The highest BCUT2D eigenvalue weighted by Crippen LogP contribution is 2.44. The van der Waals surface area contributed by atoms with Gasteiger partial charge in [-0.1, -0.05) is 23.2 Å². The summed E-state index contributed by atoms with van der Waals surface area (Å²) in [5, 5.41) is 5.44. The van der Waals surface area contributed by atoms with Gasteiger partial charge in [0.05, 0.1) is 15.6 Å². The van der Waals surface area contributed by atoms with Crippen LogP contribution in [-0.4, -0.2) is 11.5 Å². The molecule has 1 heterocycles.